The van der Waals surface area contributed by atoms with Gasteiger partial charge in [0, 0.05) is 23.8 Å². The van der Waals surface area contributed by atoms with Gasteiger partial charge < -0.3 is 24.8 Å². The van der Waals surface area contributed by atoms with Crippen LogP contribution in [0.3, 0.4) is 0 Å². The van der Waals surface area contributed by atoms with Gasteiger partial charge in [0.2, 0.25) is 5.88 Å². The van der Waals surface area contributed by atoms with Crippen molar-refractivity contribution in [3.8, 4) is 11.6 Å². The van der Waals surface area contributed by atoms with Crippen molar-refractivity contribution in [2.24, 2.45) is 0 Å². The summed E-state index contributed by atoms with van der Waals surface area (Å²) in [6.07, 6.45) is 6.25. The van der Waals surface area contributed by atoms with Gasteiger partial charge in [0.15, 0.2) is 0 Å². The SMILES string of the molecule is C=CCCc1cc(C)nc(OC)c1CNC(=O)c1cccc(OC2CCC(NC(=O)OC(C)(C)C)CC2)c1Br. The van der Waals surface area contributed by atoms with E-state index < -0.39 is 5.60 Å². The van der Waals surface area contributed by atoms with Gasteiger partial charge >= 0.3 is 6.09 Å². The minimum Gasteiger partial charge on any atom is -0.489 e. The molecule has 212 valence electrons. The molecule has 0 saturated heterocycles. The summed E-state index contributed by atoms with van der Waals surface area (Å²) >= 11 is 3.59. The number of rotatable bonds is 10. The van der Waals surface area contributed by atoms with E-state index in [-0.39, 0.29) is 30.7 Å². The number of allylic oxidation sites excluding steroid dienone is 1. The lowest BCUT2D eigenvalue weighted by atomic mass is 9.93. The topological polar surface area (TPSA) is 98.8 Å². The summed E-state index contributed by atoms with van der Waals surface area (Å²) in [5.41, 5.74) is 2.76. The van der Waals surface area contributed by atoms with Crippen LogP contribution >= 0.6 is 15.9 Å². The Balaban J connectivity index is 1.61. The van der Waals surface area contributed by atoms with Crippen LogP contribution in [0.5, 0.6) is 11.6 Å². The summed E-state index contributed by atoms with van der Waals surface area (Å²) in [5.74, 6) is 0.907. The van der Waals surface area contributed by atoms with Crippen molar-refractivity contribution in [3.63, 3.8) is 0 Å². The van der Waals surface area contributed by atoms with Crippen LogP contribution in [0.4, 0.5) is 4.79 Å². The second kappa shape index (κ2) is 13.8. The van der Waals surface area contributed by atoms with Gasteiger partial charge in [-0.2, -0.15) is 0 Å². The summed E-state index contributed by atoms with van der Waals surface area (Å²) in [5, 5.41) is 5.97. The number of aryl methyl sites for hydroxylation is 2. The number of carbonyl (C=O) groups excluding carboxylic acids is 2. The molecule has 0 spiro atoms. The minimum absolute atomic E-state index is 0.00777. The predicted molar refractivity (Wildman–Crippen MR) is 155 cm³/mol. The largest absolute Gasteiger partial charge is 0.489 e. The Hall–Kier alpha value is -3.07. The number of amides is 2. The average molecular weight is 603 g/mol. The van der Waals surface area contributed by atoms with E-state index in [1.54, 1.807) is 13.2 Å². The molecule has 1 fully saturated rings. The number of nitrogens with zero attached hydrogens (tertiary/aromatic N) is 1. The summed E-state index contributed by atoms with van der Waals surface area (Å²) in [6.45, 7) is 11.6. The summed E-state index contributed by atoms with van der Waals surface area (Å²) < 4.78 is 17.8. The van der Waals surface area contributed by atoms with Crippen molar-refractivity contribution >= 4 is 27.9 Å². The highest BCUT2D eigenvalue weighted by molar-refractivity contribution is 9.10. The fourth-order valence-corrected chi connectivity index (χ4v) is 5.13. The van der Waals surface area contributed by atoms with Gasteiger partial charge in [0.05, 0.1) is 23.2 Å². The van der Waals surface area contributed by atoms with Crippen molar-refractivity contribution in [1.82, 2.24) is 15.6 Å². The number of halogens is 1. The Morgan fingerprint density at radius 2 is 1.92 bits per heavy atom. The van der Waals surface area contributed by atoms with Crippen LogP contribution in [0.15, 0.2) is 41.4 Å². The van der Waals surface area contributed by atoms with Crippen LogP contribution in [0, 0.1) is 6.92 Å². The smallest absolute Gasteiger partial charge is 0.407 e. The van der Waals surface area contributed by atoms with Crippen LogP contribution in [0.2, 0.25) is 0 Å². The third-order valence-electron chi connectivity index (χ3n) is 6.44. The molecule has 1 aliphatic rings. The number of pyridine rings is 1. The normalized spacial score (nSPS) is 17.2. The van der Waals surface area contributed by atoms with Crippen LogP contribution < -0.4 is 20.1 Å². The molecule has 0 aliphatic heterocycles. The molecular weight excluding hydrogens is 562 g/mol. The third-order valence-corrected chi connectivity index (χ3v) is 7.26. The Bertz CT molecular complexity index is 1170. The van der Waals surface area contributed by atoms with Crippen LogP contribution in [-0.4, -0.2) is 41.8 Å². The molecule has 39 heavy (non-hydrogen) atoms. The molecule has 0 atom stereocenters. The quantitative estimate of drug-likeness (QED) is 0.305. The maximum Gasteiger partial charge on any atom is 0.407 e. The number of methoxy groups -OCH3 is 1. The number of aromatic nitrogens is 1. The highest BCUT2D eigenvalue weighted by Gasteiger charge is 2.26. The van der Waals surface area contributed by atoms with Crippen molar-refractivity contribution in [2.45, 2.75) is 90.5 Å². The molecule has 1 heterocycles. The molecule has 1 aromatic carbocycles. The van der Waals surface area contributed by atoms with Crippen molar-refractivity contribution in [1.29, 1.82) is 0 Å². The monoisotopic (exact) mass is 601 g/mol. The zero-order valence-corrected chi connectivity index (χ0v) is 25.2. The lowest BCUT2D eigenvalue weighted by Crippen LogP contribution is -2.42. The van der Waals surface area contributed by atoms with E-state index in [2.05, 4.69) is 38.1 Å². The van der Waals surface area contributed by atoms with Gasteiger partial charge in [-0.1, -0.05) is 12.1 Å². The molecule has 1 aromatic heterocycles. The Morgan fingerprint density at radius 1 is 1.21 bits per heavy atom. The molecule has 2 aromatic rings. The third kappa shape index (κ3) is 8.98. The summed E-state index contributed by atoms with van der Waals surface area (Å²) in [4.78, 5) is 29.8. The molecule has 1 saturated carbocycles. The highest BCUT2D eigenvalue weighted by atomic mass is 79.9. The number of hydrogen-bond acceptors (Lipinski definition) is 6. The first-order valence-electron chi connectivity index (χ1n) is 13.4. The minimum atomic E-state index is -0.523. The van der Waals surface area contributed by atoms with E-state index in [0.29, 0.717) is 21.7 Å². The summed E-state index contributed by atoms with van der Waals surface area (Å²) in [6, 6.07) is 7.51. The standard InChI is InChI=1S/C30H40BrN3O5/c1-7-8-10-20-17-19(2)33-28(37-6)24(20)18-32-27(35)23-11-9-12-25(26(23)31)38-22-15-13-21(14-16-22)34-29(36)39-30(3,4)5/h7,9,11-12,17,21-22H,1,8,10,13-16,18H2,2-6H3,(H,32,35)(H,34,36). The van der Waals surface area contributed by atoms with Gasteiger partial charge in [-0.05, 0) is 106 Å². The molecule has 0 unspecified atom stereocenters. The predicted octanol–water partition coefficient (Wildman–Crippen LogP) is 6.42. The summed E-state index contributed by atoms with van der Waals surface area (Å²) in [7, 11) is 1.59. The lowest BCUT2D eigenvalue weighted by molar-refractivity contribution is 0.0470. The molecule has 0 radical (unpaired) electrons. The fourth-order valence-electron chi connectivity index (χ4n) is 4.60. The van der Waals surface area contributed by atoms with E-state index in [1.807, 2.05) is 52.0 Å². The highest BCUT2D eigenvalue weighted by Crippen LogP contribution is 2.32. The molecule has 9 heteroatoms. The van der Waals surface area contributed by atoms with Gasteiger partial charge in [-0.15, -0.1) is 6.58 Å². The molecule has 2 N–H and O–H groups in total. The number of benzene rings is 1. The number of carbonyl (C=O) groups is 2. The van der Waals surface area contributed by atoms with Gasteiger partial charge in [0.25, 0.3) is 5.91 Å². The van der Waals surface area contributed by atoms with Crippen molar-refractivity contribution in [3.05, 3.63) is 63.8 Å². The van der Waals surface area contributed by atoms with Crippen LogP contribution in [0.1, 0.15) is 80.1 Å². The van der Waals surface area contributed by atoms with Gasteiger partial charge in [0.1, 0.15) is 11.4 Å². The number of alkyl carbamates (subject to hydrolysis) is 1. The fraction of sp³-hybridized carbons (Fsp3) is 0.500. The van der Waals surface area contributed by atoms with Crippen LogP contribution in [-0.2, 0) is 17.7 Å². The van der Waals surface area contributed by atoms with Crippen molar-refractivity contribution < 1.29 is 23.8 Å². The van der Waals surface area contributed by atoms with E-state index in [4.69, 9.17) is 14.2 Å². The van der Waals surface area contributed by atoms with E-state index >= 15 is 0 Å². The second-order valence-corrected chi connectivity index (χ2v) is 11.6. The Labute approximate surface area is 240 Å². The maximum atomic E-state index is 13.2. The molecule has 1 aliphatic carbocycles. The van der Waals surface area contributed by atoms with Gasteiger partial charge in [-0.25, -0.2) is 9.78 Å². The Kier molecular flexibility index (Phi) is 10.8. The van der Waals surface area contributed by atoms with E-state index in [9.17, 15) is 9.59 Å². The molecule has 8 nitrogen and oxygen atoms in total. The zero-order chi connectivity index (χ0) is 28.6. The van der Waals surface area contributed by atoms with E-state index in [1.165, 1.54) is 0 Å². The number of ether oxygens (including phenoxy) is 3. The maximum absolute atomic E-state index is 13.2. The number of hydrogen-bond donors (Lipinski definition) is 2. The average Bonchev–Trinajstić information content (AvgIpc) is 2.87. The molecular formula is C30H40BrN3O5. The lowest BCUT2D eigenvalue weighted by Gasteiger charge is -2.30. The van der Waals surface area contributed by atoms with Crippen molar-refractivity contribution in [2.75, 3.05) is 7.11 Å². The second-order valence-electron chi connectivity index (χ2n) is 10.8. The zero-order valence-electron chi connectivity index (χ0n) is 23.6. The van der Waals surface area contributed by atoms with E-state index in [0.717, 1.165) is 55.3 Å². The molecule has 3 rings (SSSR count). The Morgan fingerprint density at radius 3 is 2.56 bits per heavy atom. The first-order chi connectivity index (χ1) is 18.5. The van der Waals surface area contributed by atoms with Crippen LogP contribution in [0.25, 0.3) is 0 Å². The molecule has 0 bridgehead atoms. The van der Waals surface area contributed by atoms with Gasteiger partial charge in [-0.3, -0.25) is 4.79 Å². The first-order valence-corrected chi connectivity index (χ1v) is 14.2. The molecule has 2 amide bonds. The first kappa shape index (κ1) is 30.5. The number of nitrogens with one attached hydrogen (secondary N) is 2.